The summed E-state index contributed by atoms with van der Waals surface area (Å²) in [6.07, 6.45) is 1.43. The number of benzene rings is 2. The molecule has 31 heavy (non-hydrogen) atoms. The van der Waals surface area contributed by atoms with E-state index in [0.29, 0.717) is 14.9 Å². The predicted octanol–water partition coefficient (Wildman–Crippen LogP) is 3.98. The molecule has 11 heteroatoms. The molecule has 1 saturated heterocycles. The molecule has 0 spiro atoms. The Kier molecular flexibility index (Phi) is 7.52. The van der Waals surface area contributed by atoms with E-state index in [0.717, 1.165) is 4.90 Å². The largest absolute Gasteiger partial charge is 0.481 e. The second kappa shape index (κ2) is 9.94. The lowest BCUT2D eigenvalue weighted by Crippen LogP contribution is -2.54. The van der Waals surface area contributed by atoms with Crippen LogP contribution in [-0.2, 0) is 19.1 Å². The van der Waals surface area contributed by atoms with Crippen molar-refractivity contribution in [3.8, 4) is 5.75 Å². The van der Waals surface area contributed by atoms with Gasteiger partial charge in [-0.1, -0.05) is 35.3 Å². The first-order valence-electron chi connectivity index (χ1n) is 8.57. The highest BCUT2D eigenvalue weighted by Crippen LogP contribution is 2.34. The second-order valence-electron chi connectivity index (χ2n) is 6.09. The summed E-state index contributed by atoms with van der Waals surface area (Å²) in [5.74, 6) is -1.33. The zero-order valence-corrected chi connectivity index (χ0v) is 20.3. The molecule has 0 unspecified atom stereocenters. The van der Waals surface area contributed by atoms with E-state index in [2.05, 4.69) is 10.1 Å². The van der Waals surface area contributed by atoms with Crippen LogP contribution in [0.2, 0.25) is 10.0 Å². The first-order valence-corrected chi connectivity index (χ1v) is 10.8. The first-order chi connectivity index (χ1) is 14.7. The quantitative estimate of drug-likeness (QED) is 0.186. The molecule has 0 aromatic heterocycles. The van der Waals surface area contributed by atoms with E-state index < -0.39 is 17.8 Å². The second-order valence-corrected chi connectivity index (χ2v) is 8.42. The van der Waals surface area contributed by atoms with Crippen molar-refractivity contribution in [3.05, 3.63) is 61.2 Å². The smallest absolute Gasteiger partial charge is 0.343 e. The fraction of sp³-hybridized carbons (Fsp3) is 0.100. The van der Waals surface area contributed by atoms with Gasteiger partial charge in [-0.25, -0.2) is 4.79 Å². The Bertz CT molecular complexity index is 1140. The van der Waals surface area contributed by atoms with Crippen LogP contribution in [0.3, 0.4) is 0 Å². The maximum absolute atomic E-state index is 13.1. The molecule has 1 N–H and O–H groups in total. The molecule has 0 saturated carbocycles. The zero-order chi connectivity index (χ0) is 22.7. The van der Waals surface area contributed by atoms with Gasteiger partial charge in [-0.2, -0.15) is 0 Å². The molecule has 0 bridgehead atoms. The van der Waals surface area contributed by atoms with Crippen LogP contribution in [0.5, 0.6) is 5.75 Å². The highest BCUT2D eigenvalue weighted by Gasteiger charge is 2.35. The number of halogens is 3. The van der Waals surface area contributed by atoms with Crippen molar-refractivity contribution in [2.24, 2.45) is 0 Å². The van der Waals surface area contributed by atoms with Gasteiger partial charge in [-0.15, -0.1) is 0 Å². The summed E-state index contributed by atoms with van der Waals surface area (Å²) in [7, 11) is 1.27. The molecule has 3 rings (SSSR count). The number of hydrogen-bond acceptors (Lipinski definition) is 6. The SMILES string of the molecule is COC(=O)COc1ccc(/C=C2\C(=O)NC(=S)N(c3cccc(Cl)c3Cl)C2=O)cc1I. The average molecular weight is 591 g/mol. The molecular weight excluding hydrogens is 578 g/mol. The Balaban J connectivity index is 1.92. The number of esters is 1. The third-order valence-corrected chi connectivity index (χ3v) is 6.05. The number of nitrogens with zero attached hydrogens (tertiary/aromatic N) is 1. The van der Waals surface area contributed by atoms with Crippen LogP contribution in [0.1, 0.15) is 5.56 Å². The molecule has 2 aromatic rings. The first kappa shape index (κ1) is 23.5. The highest BCUT2D eigenvalue weighted by molar-refractivity contribution is 14.1. The van der Waals surface area contributed by atoms with Gasteiger partial charge in [0.2, 0.25) is 0 Å². The highest BCUT2D eigenvalue weighted by atomic mass is 127. The number of amides is 2. The molecular formula is C20H13Cl2IN2O5S. The summed E-state index contributed by atoms with van der Waals surface area (Å²) in [4.78, 5) is 37.9. The topological polar surface area (TPSA) is 84.9 Å². The Labute approximate surface area is 206 Å². The summed E-state index contributed by atoms with van der Waals surface area (Å²) in [6, 6.07) is 9.74. The number of rotatable bonds is 5. The van der Waals surface area contributed by atoms with E-state index in [1.807, 2.05) is 22.6 Å². The third kappa shape index (κ3) is 5.17. The molecule has 2 amide bonds. The van der Waals surface area contributed by atoms with Crippen LogP contribution >= 0.6 is 58.0 Å². The van der Waals surface area contributed by atoms with E-state index in [1.165, 1.54) is 13.2 Å². The summed E-state index contributed by atoms with van der Waals surface area (Å²) in [5, 5.41) is 2.77. The van der Waals surface area contributed by atoms with Gasteiger partial charge in [-0.3, -0.25) is 19.8 Å². The van der Waals surface area contributed by atoms with Gasteiger partial charge in [0, 0.05) is 0 Å². The lowest BCUT2D eigenvalue weighted by atomic mass is 10.1. The Morgan fingerprint density at radius 3 is 2.68 bits per heavy atom. The lowest BCUT2D eigenvalue weighted by Gasteiger charge is -2.29. The van der Waals surface area contributed by atoms with E-state index in [-0.39, 0.29) is 33.0 Å². The number of carbonyl (C=O) groups is 3. The van der Waals surface area contributed by atoms with Crippen molar-refractivity contribution in [3.63, 3.8) is 0 Å². The summed E-state index contributed by atoms with van der Waals surface area (Å²) >= 11 is 19.5. The van der Waals surface area contributed by atoms with Crippen molar-refractivity contribution >= 4 is 92.7 Å². The molecule has 7 nitrogen and oxygen atoms in total. The Morgan fingerprint density at radius 1 is 1.26 bits per heavy atom. The molecule has 0 atom stereocenters. The minimum Gasteiger partial charge on any atom is -0.481 e. The van der Waals surface area contributed by atoms with Crippen LogP contribution in [0.4, 0.5) is 5.69 Å². The molecule has 0 aliphatic carbocycles. The summed E-state index contributed by atoms with van der Waals surface area (Å²) < 4.78 is 10.6. The van der Waals surface area contributed by atoms with Gasteiger partial charge in [-0.05, 0) is 70.7 Å². The van der Waals surface area contributed by atoms with Crippen LogP contribution in [0, 0.1) is 3.57 Å². The summed E-state index contributed by atoms with van der Waals surface area (Å²) in [6.45, 7) is -0.235. The normalized spacial score (nSPS) is 15.2. The van der Waals surface area contributed by atoms with Gasteiger partial charge < -0.3 is 9.47 Å². The van der Waals surface area contributed by atoms with Gasteiger partial charge in [0.05, 0.1) is 26.4 Å². The number of methoxy groups -OCH3 is 1. The molecule has 1 aliphatic heterocycles. The Hall–Kier alpha value is -2.21. The standard InChI is InChI=1S/C20H13Cl2IN2O5S/c1-29-16(26)9-30-15-6-5-10(8-13(15)23)7-11-18(27)24-20(31)25(19(11)28)14-4-2-3-12(21)17(14)22/h2-8H,9H2,1H3,(H,24,27,31)/b11-7+. The van der Waals surface area contributed by atoms with Gasteiger partial charge >= 0.3 is 5.97 Å². The average Bonchev–Trinajstić information content (AvgIpc) is 2.73. The number of hydrogen-bond donors (Lipinski definition) is 1. The van der Waals surface area contributed by atoms with Crippen LogP contribution in [0.15, 0.2) is 42.0 Å². The predicted molar refractivity (Wildman–Crippen MR) is 129 cm³/mol. The van der Waals surface area contributed by atoms with Crippen LogP contribution in [0.25, 0.3) is 6.08 Å². The van der Waals surface area contributed by atoms with Crippen molar-refractivity contribution in [1.29, 1.82) is 0 Å². The van der Waals surface area contributed by atoms with Crippen LogP contribution in [-0.4, -0.2) is 36.6 Å². The number of ether oxygens (including phenoxy) is 2. The number of anilines is 1. The van der Waals surface area contributed by atoms with Crippen molar-refractivity contribution in [1.82, 2.24) is 5.32 Å². The fourth-order valence-corrected chi connectivity index (χ4v) is 3.98. The maximum Gasteiger partial charge on any atom is 0.343 e. The summed E-state index contributed by atoms with van der Waals surface area (Å²) in [5.41, 5.74) is 0.693. The van der Waals surface area contributed by atoms with Gasteiger partial charge in [0.25, 0.3) is 11.8 Å². The Morgan fingerprint density at radius 2 is 2.00 bits per heavy atom. The molecule has 160 valence electrons. The van der Waals surface area contributed by atoms with Crippen molar-refractivity contribution < 1.29 is 23.9 Å². The fourth-order valence-electron chi connectivity index (χ4n) is 2.63. The van der Waals surface area contributed by atoms with E-state index in [4.69, 9.17) is 40.2 Å². The zero-order valence-electron chi connectivity index (χ0n) is 15.8. The monoisotopic (exact) mass is 590 g/mol. The number of nitrogens with one attached hydrogen (secondary N) is 1. The van der Waals surface area contributed by atoms with E-state index >= 15 is 0 Å². The number of thiocarbonyl (C=S) groups is 1. The van der Waals surface area contributed by atoms with Gasteiger partial charge in [0.15, 0.2) is 11.7 Å². The van der Waals surface area contributed by atoms with Crippen LogP contribution < -0.4 is 15.0 Å². The van der Waals surface area contributed by atoms with E-state index in [9.17, 15) is 14.4 Å². The van der Waals surface area contributed by atoms with Crippen molar-refractivity contribution in [2.75, 3.05) is 18.6 Å². The number of carbonyl (C=O) groups excluding carboxylic acids is 3. The van der Waals surface area contributed by atoms with Crippen molar-refractivity contribution in [2.45, 2.75) is 0 Å². The lowest BCUT2D eigenvalue weighted by molar-refractivity contribution is -0.143. The minimum absolute atomic E-state index is 0.0996. The van der Waals surface area contributed by atoms with E-state index in [1.54, 1.807) is 36.4 Å². The minimum atomic E-state index is -0.640. The molecule has 1 fully saturated rings. The molecule has 0 radical (unpaired) electrons. The molecule has 2 aromatic carbocycles. The molecule has 1 aliphatic rings. The third-order valence-electron chi connectivity index (χ3n) is 4.11. The maximum atomic E-state index is 13.1. The molecule has 1 heterocycles. The van der Waals surface area contributed by atoms with Gasteiger partial charge in [0.1, 0.15) is 11.3 Å².